The fourth-order valence-corrected chi connectivity index (χ4v) is 7.06. The van der Waals surface area contributed by atoms with Crippen molar-refractivity contribution >= 4 is 31.2 Å². The first-order valence-electron chi connectivity index (χ1n) is 9.65. The summed E-state index contributed by atoms with van der Waals surface area (Å²) in [4.78, 5) is 28.4. The number of carbonyl (C=O) groups is 2. The molecule has 0 bridgehead atoms. The Morgan fingerprint density at radius 2 is 1.17 bits per heavy atom. The number of imide groups is 1. The molecule has 2 amide bonds. The van der Waals surface area contributed by atoms with Crippen LogP contribution in [0.3, 0.4) is 0 Å². The first kappa shape index (κ1) is 19.6. The van der Waals surface area contributed by atoms with E-state index in [9.17, 15) is 9.59 Å². The van der Waals surface area contributed by atoms with Crippen molar-refractivity contribution in [2.24, 2.45) is 0 Å². The molecular weight excluding hydrogens is 425 g/mol. The van der Waals surface area contributed by atoms with Crippen LogP contribution < -0.4 is 4.46 Å². The molecule has 146 valence electrons. The van der Waals surface area contributed by atoms with Crippen LogP contribution in [0.15, 0.2) is 91.0 Å². The minimum absolute atomic E-state index is 0.0890. The van der Waals surface area contributed by atoms with Crippen LogP contribution in [-0.2, 0) is 15.0 Å². The summed E-state index contributed by atoms with van der Waals surface area (Å²) in [6.45, 7) is 2.02. The van der Waals surface area contributed by atoms with Crippen LogP contribution in [0.2, 0.25) is 4.31 Å². The number of hydrogen-bond acceptors (Lipinski definition) is 2. The molecule has 1 heterocycles. The molecule has 3 aromatic carbocycles. The SMILES string of the molecule is CN1C(=O)C(C)([Se]c2ccccc2)CC(c2ccccc2)(c2ccccc2)C1=O. The van der Waals surface area contributed by atoms with E-state index in [2.05, 4.69) is 12.1 Å². The normalized spacial score (nSPS) is 21.2. The molecule has 4 heteroatoms. The standard InChI is InChI=1S/C25H23NO2Se/c1-24(29-21-16-10-5-11-17-21)18-25(19-12-6-3-7-13-19,20-14-8-4-9-15-20)23(28)26(2)22(24)27/h3-17H,18H2,1-2H3. The van der Waals surface area contributed by atoms with E-state index in [-0.39, 0.29) is 26.8 Å². The van der Waals surface area contributed by atoms with Crippen molar-refractivity contribution in [2.75, 3.05) is 7.05 Å². The fourth-order valence-electron chi connectivity index (χ4n) is 4.28. The van der Waals surface area contributed by atoms with Gasteiger partial charge in [-0.05, 0) is 0 Å². The summed E-state index contributed by atoms with van der Waals surface area (Å²) in [7, 11) is 1.63. The molecule has 1 aliphatic rings. The molecule has 3 nitrogen and oxygen atoms in total. The Kier molecular flexibility index (Phi) is 5.16. The van der Waals surface area contributed by atoms with Gasteiger partial charge in [0, 0.05) is 0 Å². The van der Waals surface area contributed by atoms with Crippen molar-refractivity contribution in [1.29, 1.82) is 0 Å². The Morgan fingerprint density at radius 3 is 1.66 bits per heavy atom. The topological polar surface area (TPSA) is 37.4 Å². The Balaban J connectivity index is 1.90. The zero-order valence-electron chi connectivity index (χ0n) is 16.5. The van der Waals surface area contributed by atoms with Gasteiger partial charge in [-0.1, -0.05) is 0 Å². The number of amides is 2. The molecule has 1 saturated heterocycles. The Hall–Kier alpha value is -2.68. The molecule has 1 fully saturated rings. The zero-order valence-corrected chi connectivity index (χ0v) is 18.3. The number of hydrogen-bond donors (Lipinski definition) is 0. The van der Waals surface area contributed by atoms with Crippen molar-refractivity contribution < 1.29 is 9.59 Å². The van der Waals surface area contributed by atoms with E-state index in [1.54, 1.807) is 7.05 Å². The Labute approximate surface area is 177 Å². The summed E-state index contributed by atoms with van der Waals surface area (Å²) in [6, 6.07) is 29.9. The van der Waals surface area contributed by atoms with Gasteiger partial charge in [-0.3, -0.25) is 0 Å². The van der Waals surface area contributed by atoms with E-state index < -0.39 is 9.73 Å². The van der Waals surface area contributed by atoms with Crippen molar-refractivity contribution in [3.63, 3.8) is 0 Å². The Bertz CT molecular complexity index is 981. The summed E-state index contributed by atoms with van der Waals surface area (Å²) >= 11 is -0.116. The van der Waals surface area contributed by atoms with Gasteiger partial charge in [0.05, 0.1) is 0 Å². The van der Waals surface area contributed by atoms with Crippen molar-refractivity contribution in [1.82, 2.24) is 4.90 Å². The fraction of sp³-hybridized carbons (Fsp3) is 0.200. The van der Waals surface area contributed by atoms with Crippen LogP contribution in [0, 0.1) is 0 Å². The van der Waals surface area contributed by atoms with Gasteiger partial charge in [0.2, 0.25) is 0 Å². The van der Waals surface area contributed by atoms with Crippen LogP contribution in [0.5, 0.6) is 0 Å². The van der Waals surface area contributed by atoms with Gasteiger partial charge in [0.1, 0.15) is 0 Å². The van der Waals surface area contributed by atoms with Crippen molar-refractivity contribution in [3.05, 3.63) is 102 Å². The number of carbonyl (C=O) groups excluding carboxylic acids is 2. The van der Waals surface area contributed by atoms with Crippen LogP contribution in [0.4, 0.5) is 0 Å². The number of likely N-dealkylation sites (tertiary alicyclic amines) is 1. The molecule has 29 heavy (non-hydrogen) atoms. The first-order valence-corrected chi connectivity index (χ1v) is 11.4. The number of benzene rings is 3. The van der Waals surface area contributed by atoms with Crippen molar-refractivity contribution in [2.45, 2.75) is 23.1 Å². The third-order valence-electron chi connectivity index (χ3n) is 5.65. The molecule has 3 aromatic rings. The summed E-state index contributed by atoms with van der Waals surface area (Å²) in [5.74, 6) is -0.241. The monoisotopic (exact) mass is 449 g/mol. The van der Waals surface area contributed by atoms with Gasteiger partial charge < -0.3 is 0 Å². The average Bonchev–Trinajstić information content (AvgIpc) is 2.77. The summed E-state index contributed by atoms with van der Waals surface area (Å²) < 4.78 is 0.525. The van der Waals surface area contributed by atoms with Gasteiger partial charge in [-0.15, -0.1) is 0 Å². The van der Waals surface area contributed by atoms with Crippen LogP contribution in [0.1, 0.15) is 24.5 Å². The van der Waals surface area contributed by atoms with E-state index in [1.165, 1.54) is 4.90 Å². The van der Waals surface area contributed by atoms with Gasteiger partial charge in [-0.25, -0.2) is 0 Å². The Morgan fingerprint density at radius 1 is 0.724 bits per heavy atom. The predicted molar refractivity (Wildman–Crippen MR) is 116 cm³/mol. The van der Waals surface area contributed by atoms with E-state index in [4.69, 9.17) is 0 Å². The summed E-state index contributed by atoms with van der Waals surface area (Å²) in [5, 5.41) is 0. The minimum atomic E-state index is -0.879. The zero-order chi connectivity index (χ0) is 20.5. The second kappa shape index (κ2) is 7.62. The summed E-state index contributed by atoms with van der Waals surface area (Å²) in [6.07, 6.45) is 0.463. The third-order valence-corrected chi connectivity index (χ3v) is 8.33. The molecule has 1 unspecified atom stereocenters. The summed E-state index contributed by atoms with van der Waals surface area (Å²) in [5.41, 5.74) is 0.993. The van der Waals surface area contributed by atoms with Crippen LogP contribution >= 0.6 is 0 Å². The number of piperidine rings is 1. The molecule has 0 saturated carbocycles. The predicted octanol–water partition coefficient (Wildman–Crippen LogP) is 3.57. The molecule has 0 N–H and O–H groups in total. The van der Waals surface area contributed by atoms with Gasteiger partial charge in [0.15, 0.2) is 0 Å². The molecule has 0 spiro atoms. The van der Waals surface area contributed by atoms with Gasteiger partial charge in [-0.2, -0.15) is 0 Å². The molecule has 0 radical (unpaired) electrons. The number of rotatable bonds is 4. The van der Waals surface area contributed by atoms with Crippen LogP contribution in [0.25, 0.3) is 0 Å². The second-order valence-corrected chi connectivity index (χ2v) is 10.9. The van der Waals surface area contributed by atoms with Gasteiger partial charge in [0.25, 0.3) is 0 Å². The number of nitrogens with zero attached hydrogens (tertiary/aromatic N) is 1. The van der Waals surface area contributed by atoms with Crippen molar-refractivity contribution in [3.8, 4) is 0 Å². The molecule has 1 aliphatic heterocycles. The van der Waals surface area contributed by atoms with E-state index >= 15 is 0 Å². The molecule has 1 atom stereocenters. The quantitative estimate of drug-likeness (QED) is 0.452. The maximum absolute atomic E-state index is 13.7. The number of likely N-dealkylation sites (N-methyl/N-ethyl adjacent to an activating group) is 1. The average molecular weight is 448 g/mol. The third kappa shape index (κ3) is 3.33. The maximum atomic E-state index is 13.7. The second-order valence-electron chi connectivity index (χ2n) is 7.63. The van der Waals surface area contributed by atoms with E-state index in [1.807, 2.05) is 85.8 Å². The molecule has 0 aliphatic carbocycles. The molecular formula is C25H23NO2Se. The van der Waals surface area contributed by atoms with E-state index in [0.29, 0.717) is 6.42 Å². The molecule has 0 aromatic heterocycles. The van der Waals surface area contributed by atoms with Gasteiger partial charge >= 0.3 is 178 Å². The van der Waals surface area contributed by atoms with Crippen LogP contribution in [-0.4, -0.2) is 38.7 Å². The molecule has 4 rings (SSSR count). The first-order chi connectivity index (χ1) is 14.0. The van der Waals surface area contributed by atoms with E-state index in [0.717, 1.165) is 15.6 Å².